The maximum atomic E-state index is 13.1. The Morgan fingerprint density at radius 3 is 2.37 bits per heavy atom. The van der Waals surface area contributed by atoms with Gasteiger partial charge in [0.1, 0.15) is 0 Å². The molecule has 0 bridgehead atoms. The summed E-state index contributed by atoms with van der Waals surface area (Å²) in [7, 11) is 0. The molecule has 3 rings (SSSR count). The lowest BCUT2D eigenvalue weighted by Gasteiger charge is -2.35. The van der Waals surface area contributed by atoms with E-state index < -0.39 is 0 Å². The van der Waals surface area contributed by atoms with Gasteiger partial charge in [-0.3, -0.25) is 9.59 Å². The zero-order chi connectivity index (χ0) is 19.4. The number of carbonyl (C=O) groups excluding carboxylic acids is 2. The Morgan fingerprint density at radius 1 is 1.11 bits per heavy atom. The van der Waals surface area contributed by atoms with Crippen LogP contribution in [0.15, 0.2) is 24.3 Å². The van der Waals surface area contributed by atoms with E-state index in [-0.39, 0.29) is 23.8 Å². The molecule has 1 saturated heterocycles. The van der Waals surface area contributed by atoms with Crippen LogP contribution in [-0.2, 0) is 9.59 Å². The SMILES string of the molecule is CC(=O)N1CCC(C(C)C(=O)NC(c2cccc(Cl)c2)C2CCCC2)CC1. The molecule has 5 heteroatoms. The highest BCUT2D eigenvalue weighted by molar-refractivity contribution is 6.30. The first-order chi connectivity index (χ1) is 13.0. The van der Waals surface area contributed by atoms with Crippen molar-refractivity contribution >= 4 is 23.4 Å². The number of benzene rings is 1. The lowest BCUT2D eigenvalue weighted by molar-refractivity contribution is -0.131. The molecule has 1 heterocycles. The van der Waals surface area contributed by atoms with Gasteiger partial charge in [0, 0.05) is 31.0 Å². The Hall–Kier alpha value is -1.55. The van der Waals surface area contributed by atoms with Crippen LogP contribution in [0, 0.1) is 17.8 Å². The number of hydrogen-bond donors (Lipinski definition) is 1. The van der Waals surface area contributed by atoms with Crippen molar-refractivity contribution in [2.24, 2.45) is 17.8 Å². The molecular weight excluding hydrogens is 360 g/mol. The molecule has 2 fully saturated rings. The van der Waals surface area contributed by atoms with Crippen LogP contribution in [0.1, 0.15) is 64.0 Å². The largest absolute Gasteiger partial charge is 0.349 e. The third-order valence-corrected chi connectivity index (χ3v) is 6.72. The van der Waals surface area contributed by atoms with Crippen molar-refractivity contribution in [3.8, 4) is 0 Å². The molecule has 1 aromatic carbocycles. The molecule has 0 aromatic heterocycles. The van der Waals surface area contributed by atoms with Crippen LogP contribution in [0.2, 0.25) is 5.02 Å². The maximum absolute atomic E-state index is 13.1. The van der Waals surface area contributed by atoms with Crippen molar-refractivity contribution in [3.05, 3.63) is 34.9 Å². The van der Waals surface area contributed by atoms with Gasteiger partial charge in [0.25, 0.3) is 0 Å². The number of nitrogens with one attached hydrogen (secondary N) is 1. The van der Waals surface area contributed by atoms with Crippen LogP contribution in [0.3, 0.4) is 0 Å². The van der Waals surface area contributed by atoms with Crippen LogP contribution in [-0.4, -0.2) is 29.8 Å². The molecule has 2 atom stereocenters. The van der Waals surface area contributed by atoms with Crippen molar-refractivity contribution in [3.63, 3.8) is 0 Å². The van der Waals surface area contributed by atoms with Gasteiger partial charge in [0.15, 0.2) is 0 Å². The molecule has 0 radical (unpaired) electrons. The Balaban J connectivity index is 1.66. The highest BCUT2D eigenvalue weighted by Crippen LogP contribution is 2.37. The summed E-state index contributed by atoms with van der Waals surface area (Å²) in [6, 6.07) is 7.95. The summed E-state index contributed by atoms with van der Waals surface area (Å²) in [4.78, 5) is 26.5. The fourth-order valence-corrected chi connectivity index (χ4v) is 4.88. The predicted octanol–water partition coefficient (Wildman–Crippen LogP) is 4.58. The van der Waals surface area contributed by atoms with Crippen molar-refractivity contribution < 1.29 is 9.59 Å². The molecule has 1 aliphatic heterocycles. The molecule has 1 N–H and O–H groups in total. The minimum absolute atomic E-state index is 0.0396. The number of hydrogen-bond acceptors (Lipinski definition) is 2. The number of carbonyl (C=O) groups is 2. The van der Waals surface area contributed by atoms with Gasteiger partial charge in [0.05, 0.1) is 6.04 Å². The molecule has 4 nitrogen and oxygen atoms in total. The lowest BCUT2D eigenvalue weighted by Crippen LogP contribution is -2.43. The zero-order valence-corrected chi connectivity index (χ0v) is 17.2. The van der Waals surface area contributed by atoms with Gasteiger partial charge < -0.3 is 10.2 Å². The quantitative estimate of drug-likeness (QED) is 0.799. The molecule has 148 valence electrons. The van der Waals surface area contributed by atoms with Crippen molar-refractivity contribution in [1.29, 1.82) is 0 Å². The van der Waals surface area contributed by atoms with Gasteiger partial charge in [-0.15, -0.1) is 0 Å². The molecular formula is C22H31ClN2O2. The van der Waals surface area contributed by atoms with E-state index in [1.165, 1.54) is 12.8 Å². The number of rotatable bonds is 5. The molecule has 1 aliphatic carbocycles. The number of amides is 2. The third-order valence-electron chi connectivity index (χ3n) is 6.48. The average molecular weight is 391 g/mol. The highest BCUT2D eigenvalue weighted by atomic mass is 35.5. The maximum Gasteiger partial charge on any atom is 0.223 e. The number of halogens is 1. The fraction of sp³-hybridized carbons (Fsp3) is 0.636. The standard InChI is InChI=1S/C22H31ClN2O2/c1-15(17-10-12-25(13-11-17)16(2)26)22(27)24-21(18-6-3-4-7-18)19-8-5-9-20(23)14-19/h5,8-9,14-15,17-18,21H,3-4,6-7,10-13H2,1-2H3,(H,24,27). The number of nitrogens with zero attached hydrogens (tertiary/aromatic N) is 1. The van der Waals surface area contributed by atoms with Gasteiger partial charge in [-0.2, -0.15) is 0 Å². The van der Waals surface area contributed by atoms with Crippen LogP contribution in [0.5, 0.6) is 0 Å². The van der Waals surface area contributed by atoms with E-state index in [9.17, 15) is 9.59 Å². The molecule has 2 aliphatic rings. The monoisotopic (exact) mass is 390 g/mol. The normalized spacial score (nSPS) is 21.1. The Kier molecular flexibility index (Phi) is 6.80. The summed E-state index contributed by atoms with van der Waals surface area (Å²) in [6.45, 7) is 5.18. The van der Waals surface area contributed by atoms with Crippen LogP contribution in [0.25, 0.3) is 0 Å². The van der Waals surface area contributed by atoms with Crippen LogP contribution < -0.4 is 5.32 Å². The second-order valence-corrected chi connectivity index (χ2v) is 8.65. The minimum Gasteiger partial charge on any atom is -0.349 e. The average Bonchev–Trinajstić information content (AvgIpc) is 3.19. The van der Waals surface area contributed by atoms with E-state index in [1.54, 1.807) is 6.92 Å². The second kappa shape index (κ2) is 9.09. The van der Waals surface area contributed by atoms with E-state index in [4.69, 9.17) is 11.6 Å². The molecule has 0 spiro atoms. The van der Waals surface area contributed by atoms with E-state index >= 15 is 0 Å². The van der Waals surface area contributed by atoms with E-state index in [0.717, 1.165) is 49.4 Å². The molecule has 1 saturated carbocycles. The Labute approximate surface area is 167 Å². The predicted molar refractivity (Wildman–Crippen MR) is 108 cm³/mol. The fourth-order valence-electron chi connectivity index (χ4n) is 4.68. The summed E-state index contributed by atoms with van der Waals surface area (Å²) in [5.41, 5.74) is 1.11. The Bertz CT molecular complexity index is 664. The summed E-state index contributed by atoms with van der Waals surface area (Å²) in [5.74, 6) is 1.05. The number of likely N-dealkylation sites (tertiary alicyclic amines) is 1. The van der Waals surface area contributed by atoms with Crippen molar-refractivity contribution in [2.75, 3.05) is 13.1 Å². The highest BCUT2D eigenvalue weighted by Gasteiger charge is 2.33. The Morgan fingerprint density at radius 2 is 1.78 bits per heavy atom. The van der Waals surface area contributed by atoms with Gasteiger partial charge in [0.2, 0.25) is 11.8 Å². The second-order valence-electron chi connectivity index (χ2n) is 8.22. The summed E-state index contributed by atoms with van der Waals surface area (Å²) >= 11 is 6.21. The smallest absolute Gasteiger partial charge is 0.223 e. The van der Waals surface area contributed by atoms with Crippen molar-refractivity contribution in [1.82, 2.24) is 10.2 Å². The molecule has 2 unspecified atom stereocenters. The molecule has 1 aromatic rings. The van der Waals surface area contributed by atoms with Gasteiger partial charge in [-0.05, 0) is 55.2 Å². The van der Waals surface area contributed by atoms with E-state index in [0.29, 0.717) is 11.8 Å². The number of piperidine rings is 1. The molecule has 2 amide bonds. The first kappa shape index (κ1) is 20.2. The van der Waals surface area contributed by atoms with Crippen LogP contribution in [0.4, 0.5) is 0 Å². The van der Waals surface area contributed by atoms with Crippen molar-refractivity contribution in [2.45, 2.75) is 58.4 Å². The third kappa shape index (κ3) is 5.04. The zero-order valence-electron chi connectivity index (χ0n) is 16.4. The summed E-state index contributed by atoms with van der Waals surface area (Å²) < 4.78 is 0. The van der Waals surface area contributed by atoms with E-state index in [2.05, 4.69) is 11.4 Å². The van der Waals surface area contributed by atoms with Gasteiger partial charge in [-0.1, -0.05) is 43.5 Å². The molecule has 27 heavy (non-hydrogen) atoms. The summed E-state index contributed by atoms with van der Waals surface area (Å²) in [5, 5.41) is 4.07. The van der Waals surface area contributed by atoms with Gasteiger partial charge in [-0.25, -0.2) is 0 Å². The van der Waals surface area contributed by atoms with E-state index in [1.807, 2.05) is 30.0 Å². The topological polar surface area (TPSA) is 49.4 Å². The van der Waals surface area contributed by atoms with Gasteiger partial charge >= 0.3 is 0 Å². The van der Waals surface area contributed by atoms with Crippen LogP contribution >= 0.6 is 11.6 Å². The first-order valence-electron chi connectivity index (χ1n) is 10.3. The first-order valence-corrected chi connectivity index (χ1v) is 10.6. The minimum atomic E-state index is -0.0396. The summed E-state index contributed by atoms with van der Waals surface area (Å²) in [6.07, 6.45) is 6.58. The lowest BCUT2D eigenvalue weighted by atomic mass is 9.84.